The summed E-state index contributed by atoms with van der Waals surface area (Å²) in [7, 11) is 2.06. The zero-order valence-corrected chi connectivity index (χ0v) is 13.0. The van der Waals surface area contributed by atoms with Gasteiger partial charge in [-0.25, -0.2) is 0 Å². The lowest BCUT2D eigenvalue weighted by atomic mass is 10.1. The maximum absolute atomic E-state index is 3.35. The lowest BCUT2D eigenvalue weighted by Crippen LogP contribution is -2.52. The summed E-state index contributed by atoms with van der Waals surface area (Å²) < 4.78 is 0. The predicted molar refractivity (Wildman–Crippen MR) is 85.9 cm³/mol. The number of likely N-dealkylation sites (N-methyl/N-ethyl adjacent to an activating group) is 1. The molecule has 0 saturated carbocycles. The van der Waals surface area contributed by atoms with Crippen LogP contribution < -0.4 is 5.32 Å². The van der Waals surface area contributed by atoms with Gasteiger partial charge in [0, 0.05) is 45.3 Å². The third-order valence-corrected chi connectivity index (χ3v) is 4.23. The molecule has 0 spiro atoms. The molecule has 20 heavy (non-hydrogen) atoms. The zero-order valence-electron chi connectivity index (χ0n) is 13.0. The van der Waals surface area contributed by atoms with Crippen LogP contribution in [0.25, 0.3) is 0 Å². The predicted octanol–water partition coefficient (Wildman–Crippen LogP) is 2.19. The fourth-order valence-corrected chi connectivity index (χ4v) is 3.11. The Labute approximate surface area is 124 Å². The summed E-state index contributed by atoms with van der Waals surface area (Å²) >= 11 is 0. The monoisotopic (exact) mass is 275 g/mol. The van der Waals surface area contributed by atoms with Crippen molar-refractivity contribution in [1.82, 2.24) is 15.1 Å². The number of benzene rings is 1. The molecule has 0 amide bonds. The van der Waals surface area contributed by atoms with Crippen molar-refractivity contribution in [2.24, 2.45) is 0 Å². The molecule has 1 fully saturated rings. The zero-order chi connectivity index (χ0) is 14.2. The molecule has 1 heterocycles. The van der Waals surface area contributed by atoms with Gasteiger partial charge in [0.05, 0.1) is 0 Å². The Morgan fingerprint density at radius 3 is 2.40 bits per heavy atom. The van der Waals surface area contributed by atoms with Gasteiger partial charge in [-0.05, 0) is 19.0 Å². The second kappa shape index (κ2) is 8.40. The highest BCUT2D eigenvalue weighted by Crippen LogP contribution is 2.13. The van der Waals surface area contributed by atoms with Crippen molar-refractivity contribution in [3.63, 3.8) is 0 Å². The van der Waals surface area contributed by atoms with Gasteiger partial charge in [0.1, 0.15) is 0 Å². The quantitative estimate of drug-likeness (QED) is 0.823. The first-order valence-electron chi connectivity index (χ1n) is 7.98. The largest absolute Gasteiger partial charge is 0.318 e. The van der Waals surface area contributed by atoms with E-state index in [1.807, 2.05) is 0 Å². The Kier molecular flexibility index (Phi) is 6.51. The van der Waals surface area contributed by atoms with E-state index in [4.69, 9.17) is 0 Å². The highest BCUT2D eigenvalue weighted by molar-refractivity contribution is 5.14. The molecule has 0 bridgehead atoms. The first-order valence-corrected chi connectivity index (χ1v) is 7.98. The smallest absolute Gasteiger partial charge is 0.0234 e. The first-order chi connectivity index (χ1) is 9.83. The molecule has 3 nitrogen and oxygen atoms in total. The van der Waals surface area contributed by atoms with Crippen molar-refractivity contribution in [2.45, 2.75) is 32.4 Å². The molecule has 1 aromatic rings. The Hall–Kier alpha value is -0.900. The highest BCUT2D eigenvalue weighted by Gasteiger charge is 2.22. The van der Waals surface area contributed by atoms with E-state index in [1.54, 1.807) is 0 Å². The van der Waals surface area contributed by atoms with E-state index in [0.717, 1.165) is 13.1 Å². The van der Waals surface area contributed by atoms with Gasteiger partial charge in [0.2, 0.25) is 0 Å². The normalized spacial score (nSPS) is 19.1. The SMILES string of the molecule is CCCC(CNC)N1CCN(Cc2ccccc2)CC1. The summed E-state index contributed by atoms with van der Waals surface area (Å²) in [5, 5.41) is 3.35. The van der Waals surface area contributed by atoms with Crippen molar-refractivity contribution in [3.05, 3.63) is 35.9 Å². The molecule has 1 N–H and O–H groups in total. The van der Waals surface area contributed by atoms with Gasteiger partial charge in [0.25, 0.3) is 0 Å². The van der Waals surface area contributed by atoms with Gasteiger partial charge >= 0.3 is 0 Å². The van der Waals surface area contributed by atoms with Gasteiger partial charge in [-0.1, -0.05) is 43.7 Å². The molecule has 1 aliphatic heterocycles. The lowest BCUT2D eigenvalue weighted by Gasteiger charge is -2.39. The van der Waals surface area contributed by atoms with Crippen LogP contribution in [0.1, 0.15) is 25.3 Å². The van der Waals surface area contributed by atoms with E-state index in [-0.39, 0.29) is 0 Å². The summed E-state index contributed by atoms with van der Waals surface area (Å²) in [5.41, 5.74) is 1.43. The van der Waals surface area contributed by atoms with Gasteiger partial charge in [-0.3, -0.25) is 9.80 Å². The van der Waals surface area contributed by atoms with E-state index in [2.05, 4.69) is 59.4 Å². The van der Waals surface area contributed by atoms with Crippen molar-refractivity contribution in [1.29, 1.82) is 0 Å². The van der Waals surface area contributed by atoms with Crippen LogP contribution in [0.3, 0.4) is 0 Å². The maximum atomic E-state index is 3.35. The molecular formula is C17H29N3. The van der Waals surface area contributed by atoms with E-state index in [0.29, 0.717) is 6.04 Å². The van der Waals surface area contributed by atoms with E-state index >= 15 is 0 Å². The van der Waals surface area contributed by atoms with Crippen molar-refractivity contribution in [2.75, 3.05) is 39.8 Å². The van der Waals surface area contributed by atoms with Crippen LogP contribution in [0.15, 0.2) is 30.3 Å². The van der Waals surface area contributed by atoms with E-state index in [1.165, 1.54) is 44.6 Å². The van der Waals surface area contributed by atoms with Crippen LogP contribution in [0.5, 0.6) is 0 Å². The molecule has 0 aliphatic carbocycles. The van der Waals surface area contributed by atoms with E-state index in [9.17, 15) is 0 Å². The van der Waals surface area contributed by atoms with Gasteiger partial charge < -0.3 is 5.32 Å². The molecule has 2 rings (SSSR count). The summed E-state index contributed by atoms with van der Waals surface area (Å²) in [5.74, 6) is 0. The molecule has 0 radical (unpaired) electrons. The fraction of sp³-hybridized carbons (Fsp3) is 0.647. The fourth-order valence-electron chi connectivity index (χ4n) is 3.11. The van der Waals surface area contributed by atoms with E-state index < -0.39 is 0 Å². The topological polar surface area (TPSA) is 18.5 Å². The van der Waals surface area contributed by atoms with Crippen LogP contribution in [0, 0.1) is 0 Å². The van der Waals surface area contributed by atoms with Crippen molar-refractivity contribution < 1.29 is 0 Å². The number of rotatable bonds is 7. The van der Waals surface area contributed by atoms with Crippen LogP contribution >= 0.6 is 0 Å². The summed E-state index contributed by atoms with van der Waals surface area (Å²) in [4.78, 5) is 5.25. The summed E-state index contributed by atoms with van der Waals surface area (Å²) in [6.45, 7) is 9.30. The number of hydrogen-bond acceptors (Lipinski definition) is 3. The lowest BCUT2D eigenvalue weighted by molar-refractivity contribution is 0.0878. The molecule has 112 valence electrons. The summed E-state index contributed by atoms with van der Waals surface area (Å²) in [6, 6.07) is 11.5. The minimum absolute atomic E-state index is 0.712. The minimum Gasteiger partial charge on any atom is -0.318 e. The standard InChI is InChI=1S/C17H29N3/c1-3-7-17(14-18-2)20-12-10-19(11-13-20)15-16-8-5-4-6-9-16/h4-6,8-9,17-18H,3,7,10-15H2,1-2H3. The maximum Gasteiger partial charge on any atom is 0.0234 e. The van der Waals surface area contributed by atoms with Gasteiger partial charge in [0.15, 0.2) is 0 Å². The average Bonchev–Trinajstić information content (AvgIpc) is 2.49. The second-order valence-electron chi connectivity index (χ2n) is 5.80. The van der Waals surface area contributed by atoms with Crippen molar-refractivity contribution >= 4 is 0 Å². The molecule has 1 atom stereocenters. The molecule has 3 heteroatoms. The molecule has 0 aromatic heterocycles. The minimum atomic E-state index is 0.712. The van der Waals surface area contributed by atoms with Crippen LogP contribution in [-0.4, -0.2) is 55.6 Å². The van der Waals surface area contributed by atoms with Crippen LogP contribution in [0.2, 0.25) is 0 Å². The Morgan fingerprint density at radius 2 is 1.80 bits per heavy atom. The average molecular weight is 275 g/mol. The second-order valence-corrected chi connectivity index (χ2v) is 5.80. The third kappa shape index (κ3) is 4.58. The molecule has 1 saturated heterocycles. The van der Waals surface area contributed by atoms with Gasteiger partial charge in [-0.15, -0.1) is 0 Å². The molecule has 1 unspecified atom stereocenters. The molecular weight excluding hydrogens is 246 g/mol. The van der Waals surface area contributed by atoms with Crippen LogP contribution in [0.4, 0.5) is 0 Å². The third-order valence-electron chi connectivity index (χ3n) is 4.23. The first kappa shape index (κ1) is 15.5. The molecule has 1 aliphatic rings. The number of piperazine rings is 1. The Morgan fingerprint density at radius 1 is 1.10 bits per heavy atom. The van der Waals surface area contributed by atoms with Gasteiger partial charge in [-0.2, -0.15) is 0 Å². The molecule has 1 aromatic carbocycles. The van der Waals surface area contributed by atoms with Crippen LogP contribution in [-0.2, 0) is 6.54 Å². The summed E-state index contributed by atoms with van der Waals surface area (Å²) in [6.07, 6.45) is 2.58. The Balaban J connectivity index is 1.79. The highest BCUT2D eigenvalue weighted by atomic mass is 15.3. The number of hydrogen-bond donors (Lipinski definition) is 1. The Bertz CT molecular complexity index is 352. The number of nitrogens with zero attached hydrogens (tertiary/aromatic N) is 2. The number of nitrogens with one attached hydrogen (secondary N) is 1. The van der Waals surface area contributed by atoms with Crippen molar-refractivity contribution in [3.8, 4) is 0 Å².